The molecule has 0 amide bonds. The van der Waals surface area contributed by atoms with Crippen LogP contribution in [0, 0.1) is 6.85 Å². The molecule has 47 heavy (non-hydrogen) atoms. The third kappa shape index (κ3) is 4.47. The van der Waals surface area contributed by atoms with Crippen molar-refractivity contribution in [3.8, 4) is 50.2 Å². The Hall–Kier alpha value is -6.19. The van der Waals surface area contributed by atoms with Crippen LogP contribution in [0.25, 0.3) is 78.0 Å². The highest BCUT2D eigenvalue weighted by Crippen LogP contribution is 2.43. The molecule has 3 nitrogen and oxygen atoms in total. The van der Waals surface area contributed by atoms with Crippen molar-refractivity contribution in [2.75, 3.05) is 0 Å². The maximum atomic E-state index is 8.49. The highest BCUT2D eigenvalue weighted by Gasteiger charge is 2.20. The van der Waals surface area contributed by atoms with Gasteiger partial charge in [-0.05, 0) is 99.4 Å². The number of aromatic nitrogens is 3. The van der Waals surface area contributed by atoms with Gasteiger partial charge in [-0.3, -0.25) is 8.97 Å². The van der Waals surface area contributed by atoms with E-state index in [-0.39, 0.29) is 0 Å². The minimum Gasteiger partial charge on any atom is -0.278 e. The zero-order chi connectivity index (χ0) is 33.8. The van der Waals surface area contributed by atoms with E-state index in [9.17, 15) is 0 Å². The van der Waals surface area contributed by atoms with Gasteiger partial charge in [0.15, 0.2) is 0 Å². The molecule has 0 radical (unpaired) electrons. The summed E-state index contributed by atoms with van der Waals surface area (Å²) in [7, 11) is 0. The lowest BCUT2D eigenvalue weighted by atomic mass is 9.85. The fourth-order valence-electron chi connectivity index (χ4n) is 6.91. The molecule has 0 bridgehead atoms. The van der Waals surface area contributed by atoms with Crippen LogP contribution in [0.2, 0.25) is 0 Å². The third-order valence-corrected chi connectivity index (χ3v) is 9.05. The fourth-order valence-corrected chi connectivity index (χ4v) is 6.91. The van der Waals surface area contributed by atoms with E-state index >= 15 is 0 Å². The topological polar surface area (TPSA) is 22.2 Å². The second kappa shape index (κ2) is 11.0. The number of nitrogens with zero attached hydrogens (tertiary/aromatic N) is 3. The molecule has 9 aromatic rings. The molecule has 3 heteroatoms. The first-order valence-electron chi connectivity index (χ1n) is 17.3. The lowest BCUT2D eigenvalue weighted by Crippen LogP contribution is -1.98. The van der Waals surface area contributed by atoms with Gasteiger partial charge in [-0.2, -0.15) is 0 Å². The van der Waals surface area contributed by atoms with E-state index < -0.39 is 6.85 Å². The van der Waals surface area contributed by atoms with Gasteiger partial charge in [0, 0.05) is 9.80 Å². The SMILES string of the molecule is [2H]C([2H])([2H])c1cccc2c1n(-c1cccc(-c3cc(-c4ccccc4)c(-c4ccccc4)cc3-c3ccccc3)c1)c1nc3ccccc3n21. The molecular weight excluding hydrogens is 571 g/mol. The first kappa shape index (κ1) is 24.1. The Bertz CT molecular complexity index is 2670. The smallest absolute Gasteiger partial charge is 0.220 e. The van der Waals surface area contributed by atoms with Crippen molar-refractivity contribution in [2.24, 2.45) is 0 Å². The Morgan fingerprint density at radius 1 is 0.468 bits per heavy atom. The minimum absolute atomic E-state index is 0.290. The largest absolute Gasteiger partial charge is 0.278 e. The monoisotopic (exact) mass is 604 g/mol. The summed E-state index contributed by atoms with van der Waals surface area (Å²) >= 11 is 0. The van der Waals surface area contributed by atoms with Crippen LogP contribution in [0.4, 0.5) is 0 Å². The maximum absolute atomic E-state index is 8.49. The predicted octanol–water partition coefficient (Wildman–Crippen LogP) is 11.4. The molecule has 0 aliphatic carbocycles. The molecule has 222 valence electrons. The molecule has 0 atom stereocenters. The molecule has 0 aliphatic heterocycles. The van der Waals surface area contributed by atoms with E-state index in [1.54, 1.807) is 6.07 Å². The van der Waals surface area contributed by atoms with Crippen molar-refractivity contribution in [1.82, 2.24) is 14.0 Å². The predicted molar refractivity (Wildman–Crippen MR) is 196 cm³/mol. The molecule has 9 rings (SSSR count). The molecule has 0 N–H and O–H groups in total. The number of benzene rings is 7. The molecule has 7 aromatic carbocycles. The summed E-state index contributed by atoms with van der Waals surface area (Å²) in [5.41, 5.74) is 13.2. The number of para-hydroxylation sites is 3. The van der Waals surface area contributed by atoms with Crippen LogP contribution < -0.4 is 0 Å². The van der Waals surface area contributed by atoms with E-state index in [4.69, 9.17) is 9.10 Å². The molecule has 0 aliphatic rings. The second-order valence-electron chi connectivity index (χ2n) is 11.8. The van der Waals surface area contributed by atoms with Gasteiger partial charge in [0.2, 0.25) is 5.78 Å². The summed E-state index contributed by atoms with van der Waals surface area (Å²) in [4.78, 5) is 5.06. The van der Waals surface area contributed by atoms with Crippen LogP contribution in [-0.2, 0) is 0 Å². The van der Waals surface area contributed by atoms with E-state index in [1.165, 1.54) is 0 Å². The van der Waals surface area contributed by atoms with Gasteiger partial charge in [0.25, 0.3) is 0 Å². The Morgan fingerprint density at radius 3 is 1.60 bits per heavy atom. The lowest BCUT2D eigenvalue weighted by molar-refractivity contribution is 1.10. The standard InChI is InChI=1S/C44H31N3/c1-30-15-13-26-42-43(30)46(44-45-40-24-11-12-25-41(40)47(42)44)35-23-14-22-34(27-35)39-29-37(32-18-7-3-8-19-32)36(31-16-5-2-6-17-31)28-38(39)33-20-9-4-10-21-33/h2-29H,1H3/i1D3. The van der Waals surface area contributed by atoms with Gasteiger partial charge in [-0.1, -0.05) is 127 Å². The summed E-state index contributed by atoms with van der Waals surface area (Å²) in [6, 6.07) is 58.1. The average Bonchev–Trinajstić information content (AvgIpc) is 3.70. The quantitative estimate of drug-likeness (QED) is 0.192. The number of hydrogen-bond acceptors (Lipinski definition) is 1. The highest BCUT2D eigenvalue weighted by molar-refractivity contribution is 5.97. The maximum Gasteiger partial charge on any atom is 0.220 e. The van der Waals surface area contributed by atoms with Crippen LogP contribution in [0.15, 0.2) is 170 Å². The Morgan fingerprint density at radius 2 is 0.979 bits per heavy atom. The van der Waals surface area contributed by atoms with Gasteiger partial charge >= 0.3 is 0 Å². The van der Waals surface area contributed by atoms with Crippen LogP contribution in [0.1, 0.15) is 9.68 Å². The van der Waals surface area contributed by atoms with Gasteiger partial charge < -0.3 is 0 Å². The van der Waals surface area contributed by atoms with Gasteiger partial charge in [-0.25, -0.2) is 4.98 Å². The van der Waals surface area contributed by atoms with E-state index in [0.717, 1.165) is 66.7 Å². The molecule has 0 saturated carbocycles. The minimum atomic E-state index is -2.32. The van der Waals surface area contributed by atoms with Crippen molar-refractivity contribution in [3.05, 3.63) is 175 Å². The van der Waals surface area contributed by atoms with Crippen molar-refractivity contribution < 1.29 is 4.11 Å². The number of fused-ring (bicyclic) bond motifs is 5. The van der Waals surface area contributed by atoms with E-state index in [1.807, 2.05) is 65.2 Å². The molecule has 0 spiro atoms. The van der Waals surface area contributed by atoms with E-state index in [0.29, 0.717) is 16.9 Å². The number of hydrogen-bond donors (Lipinski definition) is 0. The number of rotatable bonds is 5. The fraction of sp³-hybridized carbons (Fsp3) is 0.0227. The van der Waals surface area contributed by atoms with Crippen molar-refractivity contribution in [3.63, 3.8) is 0 Å². The summed E-state index contributed by atoms with van der Waals surface area (Å²) in [6.07, 6.45) is 0. The Labute approximate surface area is 277 Å². The Balaban J connectivity index is 1.35. The lowest BCUT2D eigenvalue weighted by Gasteiger charge is -2.19. The van der Waals surface area contributed by atoms with Crippen LogP contribution in [0.5, 0.6) is 0 Å². The van der Waals surface area contributed by atoms with Gasteiger partial charge in [-0.15, -0.1) is 0 Å². The van der Waals surface area contributed by atoms with Crippen molar-refractivity contribution in [1.29, 1.82) is 0 Å². The van der Waals surface area contributed by atoms with E-state index in [2.05, 4.69) is 108 Å². The summed E-state index contributed by atoms with van der Waals surface area (Å²) in [5.74, 6) is 0.669. The zero-order valence-corrected chi connectivity index (χ0v) is 25.5. The van der Waals surface area contributed by atoms with Crippen LogP contribution in [0.3, 0.4) is 0 Å². The molecule has 0 fully saturated rings. The first-order chi connectivity index (χ1) is 24.5. The van der Waals surface area contributed by atoms with Crippen LogP contribution in [-0.4, -0.2) is 14.0 Å². The summed E-state index contributed by atoms with van der Waals surface area (Å²) in [6.45, 7) is -2.32. The number of imidazole rings is 2. The highest BCUT2D eigenvalue weighted by atomic mass is 15.2. The zero-order valence-electron chi connectivity index (χ0n) is 28.5. The Kier molecular flexibility index (Phi) is 5.64. The third-order valence-electron chi connectivity index (χ3n) is 9.05. The first-order valence-corrected chi connectivity index (χ1v) is 15.8. The molecule has 2 aromatic heterocycles. The number of aryl methyl sites for hydroxylation is 1. The molecular formula is C44H31N3. The van der Waals surface area contributed by atoms with Gasteiger partial charge in [0.05, 0.1) is 22.1 Å². The normalized spacial score (nSPS) is 12.7. The summed E-state index contributed by atoms with van der Waals surface area (Å²) < 4.78 is 29.6. The average molecular weight is 605 g/mol. The molecule has 0 unspecified atom stereocenters. The molecule has 0 saturated heterocycles. The summed E-state index contributed by atoms with van der Waals surface area (Å²) in [5, 5.41) is 0. The van der Waals surface area contributed by atoms with Crippen molar-refractivity contribution >= 4 is 27.8 Å². The van der Waals surface area contributed by atoms with Crippen molar-refractivity contribution in [2.45, 2.75) is 6.85 Å². The second-order valence-corrected chi connectivity index (χ2v) is 11.8. The molecule has 2 heterocycles. The van der Waals surface area contributed by atoms with Gasteiger partial charge in [0.1, 0.15) is 0 Å². The van der Waals surface area contributed by atoms with Crippen LogP contribution >= 0.6 is 0 Å².